The molecule has 168 valence electrons. The summed E-state index contributed by atoms with van der Waals surface area (Å²) in [6.45, 7) is 4.08. The van der Waals surface area contributed by atoms with Crippen LogP contribution >= 0.6 is 23.4 Å². The summed E-state index contributed by atoms with van der Waals surface area (Å²) < 4.78 is 12.7. The number of amides is 1. The molecule has 1 N–H and O–H groups in total. The minimum Gasteiger partial charge on any atom is -0.454 e. The zero-order chi connectivity index (χ0) is 22.8. The molecule has 1 aliphatic heterocycles. The molecule has 2 atom stereocenters. The highest BCUT2D eigenvalue weighted by atomic mass is 35.5. The molecule has 0 aliphatic carbocycles. The van der Waals surface area contributed by atoms with E-state index in [1.807, 2.05) is 49.9 Å². The number of hydrogen-bond acceptors (Lipinski definition) is 7. The molecule has 4 rings (SSSR count). The molecule has 0 unspecified atom stereocenters. The summed E-state index contributed by atoms with van der Waals surface area (Å²) in [4.78, 5) is 14.9. The maximum Gasteiger partial charge on any atom is 0.237 e. The van der Waals surface area contributed by atoms with Gasteiger partial charge in [0.05, 0.1) is 11.3 Å². The van der Waals surface area contributed by atoms with Crippen molar-refractivity contribution in [1.29, 1.82) is 0 Å². The standard InChI is InChI=1S/C22H24ClN5O3S/c1-13(27(3)4)20-25-26-22(28(20)17-8-5-15(23)6-9-17)32-14(2)21(29)24-16-7-10-18-19(11-16)31-12-30-18/h5-11,13-14H,12H2,1-4H3,(H,24,29)/t13-,14+/m1/s1. The minimum absolute atomic E-state index is 0.0188. The van der Waals surface area contributed by atoms with Crippen molar-refractivity contribution < 1.29 is 14.3 Å². The van der Waals surface area contributed by atoms with Gasteiger partial charge in [-0.1, -0.05) is 23.4 Å². The number of rotatable bonds is 7. The van der Waals surface area contributed by atoms with E-state index in [4.69, 9.17) is 21.1 Å². The second-order valence-electron chi connectivity index (χ2n) is 7.61. The largest absolute Gasteiger partial charge is 0.454 e. The van der Waals surface area contributed by atoms with Gasteiger partial charge in [0, 0.05) is 22.5 Å². The van der Waals surface area contributed by atoms with Crippen molar-refractivity contribution in [2.75, 3.05) is 26.2 Å². The second kappa shape index (κ2) is 9.40. The molecule has 1 amide bonds. The summed E-state index contributed by atoms with van der Waals surface area (Å²) in [6, 6.07) is 12.8. The van der Waals surface area contributed by atoms with E-state index in [0.29, 0.717) is 27.4 Å². The smallest absolute Gasteiger partial charge is 0.237 e. The number of anilines is 1. The van der Waals surface area contributed by atoms with Crippen LogP contribution in [-0.2, 0) is 4.79 Å². The van der Waals surface area contributed by atoms with Crippen LogP contribution in [0.2, 0.25) is 5.02 Å². The molecule has 1 aromatic heterocycles. The van der Waals surface area contributed by atoms with Gasteiger partial charge in [-0.05, 0) is 64.3 Å². The van der Waals surface area contributed by atoms with Gasteiger partial charge in [0.2, 0.25) is 12.7 Å². The van der Waals surface area contributed by atoms with Crippen LogP contribution in [0.15, 0.2) is 47.6 Å². The number of nitrogens with zero attached hydrogens (tertiary/aromatic N) is 4. The highest BCUT2D eigenvalue weighted by Crippen LogP contribution is 2.35. The number of carbonyl (C=O) groups is 1. The summed E-state index contributed by atoms with van der Waals surface area (Å²) in [5.41, 5.74) is 1.53. The lowest BCUT2D eigenvalue weighted by Gasteiger charge is -2.21. The van der Waals surface area contributed by atoms with Gasteiger partial charge in [-0.2, -0.15) is 0 Å². The lowest BCUT2D eigenvalue weighted by Crippen LogP contribution is -2.23. The molecule has 32 heavy (non-hydrogen) atoms. The van der Waals surface area contributed by atoms with Crippen molar-refractivity contribution >= 4 is 35.0 Å². The van der Waals surface area contributed by atoms with E-state index < -0.39 is 5.25 Å². The highest BCUT2D eigenvalue weighted by molar-refractivity contribution is 8.00. The van der Waals surface area contributed by atoms with Crippen LogP contribution < -0.4 is 14.8 Å². The van der Waals surface area contributed by atoms with Crippen LogP contribution in [0.25, 0.3) is 5.69 Å². The van der Waals surface area contributed by atoms with Crippen LogP contribution in [0, 0.1) is 0 Å². The van der Waals surface area contributed by atoms with E-state index in [0.717, 1.165) is 11.5 Å². The van der Waals surface area contributed by atoms with E-state index in [-0.39, 0.29) is 18.7 Å². The van der Waals surface area contributed by atoms with E-state index in [1.165, 1.54) is 11.8 Å². The monoisotopic (exact) mass is 473 g/mol. The molecule has 1 aliphatic rings. The number of carbonyl (C=O) groups excluding carboxylic acids is 1. The van der Waals surface area contributed by atoms with Gasteiger partial charge in [0.25, 0.3) is 0 Å². The van der Waals surface area contributed by atoms with Gasteiger partial charge in [-0.25, -0.2) is 0 Å². The Labute approximate surface area is 195 Å². The van der Waals surface area contributed by atoms with Crippen molar-refractivity contribution in [2.24, 2.45) is 0 Å². The van der Waals surface area contributed by atoms with Gasteiger partial charge >= 0.3 is 0 Å². The Balaban J connectivity index is 1.56. The van der Waals surface area contributed by atoms with Crippen LogP contribution in [0.4, 0.5) is 5.69 Å². The Morgan fingerprint density at radius 2 is 1.84 bits per heavy atom. The van der Waals surface area contributed by atoms with Crippen molar-refractivity contribution in [3.8, 4) is 17.2 Å². The molecule has 0 radical (unpaired) electrons. The first kappa shape index (κ1) is 22.4. The molecular formula is C22H24ClN5O3S. The normalized spacial score (nSPS) is 14.4. The molecule has 10 heteroatoms. The van der Waals surface area contributed by atoms with Gasteiger partial charge in [0.15, 0.2) is 22.5 Å². The van der Waals surface area contributed by atoms with Crippen molar-refractivity contribution in [1.82, 2.24) is 19.7 Å². The molecule has 8 nitrogen and oxygen atoms in total. The summed E-state index contributed by atoms with van der Waals surface area (Å²) >= 11 is 7.42. The molecule has 3 aromatic rings. The maximum atomic E-state index is 12.9. The van der Waals surface area contributed by atoms with Crippen LogP contribution in [0.5, 0.6) is 11.5 Å². The molecule has 2 heterocycles. The quantitative estimate of drug-likeness (QED) is 0.509. The zero-order valence-corrected chi connectivity index (χ0v) is 19.8. The predicted octanol–water partition coefficient (Wildman–Crippen LogP) is 4.39. The number of benzene rings is 2. The number of ether oxygens (including phenoxy) is 2. The second-order valence-corrected chi connectivity index (χ2v) is 9.35. The van der Waals surface area contributed by atoms with Crippen molar-refractivity contribution in [3.63, 3.8) is 0 Å². The van der Waals surface area contributed by atoms with Crippen molar-refractivity contribution in [2.45, 2.75) is 30.3 Å². The van der Waals surface area contributed by atoms with Crippen LogP contribution in [-0.4, -0.2) is 51.7 Å². The predicted molar refractivity (Wildman–Crippen MR) is 125 cm³/mol. The molecule has 2 aromatic carbocycles. The average Bonchev–Trinajstić information content (AvgIpc) is 3.40. The van der Waals surface area contributed by atoms with Gasteiger partial charge in [0.1, 0.15) is 0 Å². The van der Waals surface area contributed by atoms with Gasteiger partial charge in [-0.15, -0.1) is 10.2 Å². The van der Waals surface area contributed by atoms with Gasteiger partial charge in [-0.3, -0.25) is 14.3 Å². The van der Waals surface area contributed by atoms with E-state index in [2.05, 4.69) is 27.3 Å². The number of halogens is 1. The van der Waals surface area contributed by atoms with Crippen LogP contribution in [0.1, 0.15) is 25.7 Å². The molecule has 0 bridgehead atoms. The lowest BCUT2D eigenvalue weighted by molar-refractivity contribution is -0.115. The van der Waals surface area contributed by atoms with E-state index in [1.54, 1.807) is 18.2 Å². The number of thioether (sulfide) groups is 1. The first-order valence-corrected chi connectivity index (χ1v) is 11.3. The summed E-state index contributed by atoms with van der Waals surface area (Å²) in [7, 11) is 3.97. The van der Waals surface area contributed by atoms with Gasteiger partial charge < -0.3 is 14.8 Å². The Morgan fingerprint density at radius 1 is 1.12 bits per heavy atom. The van der Waals surface area contributed by atoms with E-state index in [9.17, 15) is 4.79 Å². The first-order chi connectivity index (χ1) is 15.3. The third-order valence-electron chi connectivity index (χ3n) is 5.18. The number of fused-ring (bicyclic) bond motifs is 1. The summed E-state index contributed by atoms with van der Waals surface area (Å²) in [5.74, 6) is 1.92. The molecule has 0 saturated heterocycles. The summed E-state index contributed by atoms with van der Waals surface area (Å²) in [6.07, 6.45) is 0. The van der Waals surface area contributed by atoms with Crippen molar-refractivity contribution in [3.05, 3.63) is 53.3 Å². The van der Waals surface area contributed by atoms with E-state index >= 15 is 0 Å². The average molecular weight is 474 g/mol. The number of nitrogens with one attached hydrogen (secondary N) is 1. The topological polar surface area (TPSA) is 81.5 Å². The first-order valence-electron chi connectivity index (χ1n) is 10.1. The Morgan fingerprint density at radius 3 is 2.56 bits per heavy atom. The lowest BCUT2D eigenvalue weighted by atomic mass is 10.2. The molecule has 0 spiro atoms. The summed E-state index contributed by atoms with van der Waals surface area (Å²) in [5, 5.41) is 12.6. The fourth-order valence-corrected chi connectivity index (χ4v) is 4.12. The SMILES string of the molecule is C[C@H](Sc1nnc([C@@H](C)N(C)C)n1-c1ccc(Cl)cc1)C(=O)Nc1ccc2c(c1)OCO2. The fraction of sp³-hybridized carbons (Fsp3) is 0.318. The minimum atomic E-state index is -0.418. The molecule has 0 fully saturated rings. The Hall–Kier alpha value is -2.75. The number of hydrogen-bond donors (Lipinski definition) is 1. The zero-order valence-electron chi connectivity index (χ0n) is 18.2. The Kier molecular flexibility index (Phi) is 6.59. The Bertz CT molecular complexity index is 1120. The number of aromatic nitrogens is 3. The molecular weight excluding hydrogens is 450 g/mol. The third kappa shape index (κ3) is 4.69. The third-order valence-corrected chi connectivity index (χ3v) is 6.48. The maximum absolute atomic E-state index is 12.9. The highest BCUT2D eigenvalue weighted by Gasteiger charge is 2.25. The van der Waals surface area contributed by atoms with Crippen LogP contribution in [0.3, 0.4) is 0 Å². The fourth-order valence-electron chi connectivity index (χ4n) is 3.12. The molecule has 0 saturated carbocycles.